The Morgan fingerprint density at radius 2 is 2.16 bits per heavy atom. The first-order valence-electron chi connectivity index (χ1n) is 5.35. The first-order valence-corrected chi connectivity index (χ1v) is 5.35. The van der Waals surface area contributed by atoms with Crippen molar-refractivity contribution in [2.45, 2.75) is 0 Å². The maximum atomic E-state index is 10.9. The zero-order chi connectivity index (χ0) is 12.7. The first kappa shape index (κ1) is 13.4. The Hall–Kier alpha value is -2.03. The number of rotatable bonds is 2. The Morgan fingerprint density at radius 3 is 2.84 bits per heavy atom. The zero-order valence-electron chi connectivity index (χ0n) is 10.5. The van der Waals surface area contributed by atoms with Gasteiger partial charge in [0.1, 0.15) is 5.52 Å². The van der Waals surface area contributed by atoms with E-state index in [2.05, 4.69) is 15.3 Å². The fraction of sp³-hybridized carbons (Fsp3) is 0.0833. The van der Waals surface area contributed by atoms with E-state index in [1.807, 2.05) is 0 Å². The van der Waals surface area contributed by atoms with Crippen LogP contribution in [0.5, 0.6) is 0 Å². The molecule has 0 radical (unpaired) electrons. The molecule has 1 aromatic carbocycles. The molecule has 90 valence electrons. The van der Waals surface area contributed by atoms with Crippen molar-refractivity contribution in [1.82, 2.24) is 14.4 Å². The smallest absolute Gasteiger partial charge is 0.545 e. The third-order valence-corrected chi connectivity index (χ3v) is 2.82. The molecule has 6 nitrogen and oxygen atoms in total. The largest absolute Gasteiger partial charge is 1.00 e. The molecule has 2 aromatic heterocycles. The number of carboxylic acids is 1. The summed E-state index contributed by atoms with van der Waals surface area (Å²) in [5.41, 5.74) is 2.29. The molecule has 0 unspecified atom stereocenters. The molecule has 0 spiro atoms. The number of anilines is 1. The third kappa shape index (κ3) is 2.05. The van der Waals surface area contributed by atoms with Crippen LogP contribution >= 0.6 is 0 Å². The summed E-state index contributed by atoms with van der Waals surface area (Å²) in [5, 5.41) is 13.9. The number of aromatic carboxylic acids is 1. The molecule has 3 rings (SSSR count). The van der Waals surface area contributed by atoms with Crippen LogP contribution in [0, 0.1) is 0 Å². The number of nitrogens with zero attached hydrogens (tertiary/aromatic N) is 3. The minimum Gasteiger partial charge on any atom is -0.545 e. The van der Waals surface area contributed by atoms with Crippen LogP contribution in [0.4, 0.5) is 5.82 Å². The van der Waals surface area contributed by atoms with Crippen molar-refractivity contribution in [3.63, 3.8) is 0 Å². The first-order chi connectivity index (χ1) is 8.70. The van der Waals surface area contributed by atoms with Gasteiger partial charge in [0, 0.05) is 7.05 Å². The van der Waals surface area contributed by atoms with Crippen LogP contribution in [-0.4, -0.2) is 27.4 Å². The molecule has 0 saturated heterocycles. The van der Waals surface area contributed by atoms with Crippen molar-refractivity contribution in [1.29, 1.82) is 0 Å². The molecule has 19 heavy (non-hydrogen) atoms. The molecule has 0 saturated carbocycles. The average Bonchev–Trinajstić information content (AvgIpc) is 2.86. The standard InChI is InChI=1S/C12H10N4O2.Li/c1-13-11-10-5-14-6-16(10)9-4-7(12(17)18)2-3-8(9)15-11;/h2-6H,1H3,(H,13,15)(H,17,18);/q;+1/p-1. The molecule has 2 heterocycles. The second kappa shape index (κ2) is 4.92. The van der Waals surface area contributed by atoms with Gasteiger partial charge in [-0.1, -0.05) is 6.07 Å². The Morgan fingerprint density at radius 1 is 1.37 bits per heavy atom. The topological polar surface area (TPSA) is 82.3 Å². The Balaban J connectivity index is 0.00000133. The fourth-order valence-corrected chi connectivity index (χ4v) is 1.96. The maximum Gasteiger partial charge on any atom is 1.00 e. The number of carbonyl (C=O) groups excluding carboxylic acids is 1. The molecule has 0 aliphatic rings. The minimum absolute atomic E-state index is 0. The van der Waals surface area contributed by atoms with Gasteiger partial charge in [-0.15, -0.1) is 0 Å². The van der Waals surface area contributed by atoms with Gasteiger partial charge in [0.15, 0.2) is 5.82 Å². The molecule has 0 aliphatic heterocycles. The van der Waals surface area contributed by atoms with E-state index in [-0.39, 0.29) is 24.4 Å². The Kier molecular flexibility index (Phi) is 3.47. The monoisotopic (exact) mass is 248 g/mol. The number of hydrogen-bond acceptors (Lipinski definition) is 5. The number of carboxylic acid groups (broad SMARTS) is 1. The van der Waals surface area contributed by atoms with Crippen LogP contribution in [0.15, 0.2) is 30.7 Å². The molecular weight excluding hydrogens is 239 g/mol. The fourth-order valence-electron chi connectivity index (χ4n) is 1.96. The normalized spacial score (nSPS) is 10.4. The van der Waals surface area contributed by atoms with Crippen molar-refractivity contribution in [2.24, 2.45) is 0 Å². The average molecular weight is 248 g/mol. The van der Waals surface area contributed by atoms with E-state index in [9.17, 15) is 9.90 Å². The number of nitrogens with one attached hydrogen (secondary N) is 1. The number of carbonyl (C=O) groups is 1. The summed E-state index contributed by atoms with van der Waals surface area (Å²) in [4.78, 5) is 19.3. The van der Waals surface area contributed by atoms with Crippen molar-refractivity contribution in [3.05, 3.63) is 36.3 Å². The SMILES string of the molecule is CNc1nc2ccc(C(=O)[O-])cc2n2cncc12.[Li+]. The van der Waals surface area contributed by atoms with Gasteiger partial charge in [-0.25, -0.2) is 9.97 Å². The van der Waals surface area contributed by atoms with Crippen molar-refractivity contribution < 1.29 is 28.8 Å². The molecule has 0 amide bonds. The molecule has 0 bridgehead atoms. The van der Waals surface area contributed by atoms with Gasteiger partial charge >= 0.3 is 18.9 Å². The second-order valence-electron chi connectivity index (χ2n) is 3.85. The summed E-state index contributed by atoms with van der Waals surface area (Å²) in [7, 11) is 1.77. The molecule has 3 aromatic rings. The predicted octanol–water partition coefficient (Wildman–Crippen LogP) is -2.71. The summed E-state index contributed by atoms with van der Waals surface area (Å²) >= 11 is 0. The van der Waals surface area contributed by atoms with Gasteiger partial charge in [0.05, 0.1) is 29.5 Å². The summed E-state index contributed by atoms with van der Waals surface area (Å²) in [5.74, 6) is -0.510. The van der Waals surface area contributed by atoms with Crippen LogP contribution in [0.25, 0.3) is 16.6 Å². The third-order valence-electron chi connectivity index (χ3n) is 2.82. The van der Waals surface area contributed by atoms with Gasteiger partial charge < -0.3 is 15.2 Å². The second-order valence-corrected chi connectivity index (χ2v) is 3.85. The molecule has 0 atom stereocenters. The van der Waals surface area contributed by atoms with Crippen molar-refractivity contribution in [2.75, 3.05) is 12.4 Å². The van der Waals surface area contributed by atoms with E-state index < -0.39 is 5.97 Å². The number of benzene rings is 1. The van der Waals surface area contributed by atoms with Crippen molar-refractivity contribution in [3.8, 4) is 0 Å². The summed E-state index contributed by atoms with van der Waals surface area (Å²) in [6.45, 7) is 0. The molecule has 1 N–H and O–H groups in total. The van der Waals surface area contributed by atoms with Gasteiger partial charge in [-0.2, -0.15) is 0 Å². The van der Waals surface area contributed by atoms with Gasteiger partial charge in [0.2, 0.25) is 0 Å². The summed E-state index contributed by atoms with van der Waals surface area (Å²) in [6, 6.07) is 4.67. The molecular formula is C12H9LiN4O2. The van der Waals surface area contributed by atoms with Gasteiger partial charge in [-0.05, 0) is 17.7 Å². The van der Waals surface area contributed by atoms with Crippen LogP contribution in [0.2, 0.25) is 0 Å². The van der Waals surface area contributed by atoms with E-state index in [0.717, 1.165) is 5.52 Å². The Labute approximate surface area is 120 Å². The van der Waals surface area contributed by atoms with Crippen molar-refractivity contribution >= 4 is 28.3 Å². The number of imidazole rings is 1. The van der Waals surface area contributed by atoms with E-state index in [1.165, 1.54) is 12.1 Å². The van der Waals surface area contributed by atoms with E-state index in [4.69, 9.17) is 0 Å². The summed E-state index contributed by atoms with van der Waals surface area (Å²) < 4.78 is 1.79. The van der Waals surface area contributed by atoms with E-state index in [0.29, 0.717) is 16.9 Å². The van der Waals surface area contributed by atoms with Crippen LogP contribution in [-0.2, 0) is 0 Å². The van der Waals surface area contributed by atoms with Gasteiger partial charge in [0.25, 0.3) is 0 Å². The number of aromatic nitrogens is 3. The van der Waals surface area contributed by atoms with E-state index >= 15 is 0 Å². The van der Waals surface area contributed by atoms with Crippen LogP contribution in [0.1, 0.15) is 10.4 Å². The number of fused-ring (bicyclic) bond motifs is 3. The minimum atomic E-state index is -1.21. The molecule has 0 fully saturated rings. The van der Waals surface area contributed by atoms with Crippen LogP contribution in [0.3, 0.4) is 0 Å². The quantitative estimate of drug-likeness (QED) is 0.499. The Bertz CT molecular complexity index is 769. The zero-order valence-corrected chi connectivity index (χ0v) is 10.5. The molecule has 0 aliphatic carbocycles. The predicted molar refractivity (Wildman–Crippen MR) is 64.4 cm³/mol. The molecule has 7 heteroatoms. The maximum absolute atomic E-state index is 10.9. The van der Waals surface area contributed by atoms with E-state index in [1.54, 1.807) is 30.0 Å². The van der Waals surface area contributed by atoms with Crippen LogP contribution < -0.4 is 29.3 Å². The van der Waals surface area contributed by atoms with Gasteiger partial charge in [-0.3, -0.25) is 4.40 Å². The summed E-state index contributed by atoms with van der Waals surface area (Å²) in [6.07, 6.45) is 3.29. The number of hydrogen-bond donors (Lipinski definition) is 1.